The van der Waals surface area contributed by atoms with Crippen molar-refractivity contribution in [3.05, 3.63) is 83.6 Å². The highest BCUT2D eigenvalue weighted by Gasteiger charge is 2.15. The Hall–Kier alpha value is -2.38. The van der Waals surface area contributed by atoms with Crippen LogP contribution in [0.15, 0.2) is 65.4 Å². The van der Waals surface area contributed by atoms with Crippen LogP contribution in [0.3, 0.4) is 0 Å². The second kappa shape index (κ2) is 11.7. The molecule has 0 saturated heterocycles. The van der Waals surface area contributed by atoms with Crippen LogP contribution in [-0.4, -0.2) is 54.1 Å². The Bertz CT molecular complexity index is 860. The zero-order chi connectivity index (χ0) is 21.2. The average Bonchev–Trinajstić information content (AvgIpc) is 3.40. The molecule has 0 bridgehead atoms. The van der Waals surface area contributed by atoms with E-state index in [1.807, 2.05) is 12.1 Å². The lowest BCUT2D eigenvalue weighted by Gasteiger charge is -2.25. The van der Waals surface area contributed by atoms with Crippen molar-refractivity contribution in [3.63, 3.8) is 0 Å². The second-order valence-electron chi connectivity index (χ2n) is 7.53. The number of aryl methyl sites for hydroxylation is 1. The monoisotopic (exact) mass is 412 g/mol. The third kappa shape index (κ3) is 6.85. The van der Waals surface area contributed by atoms with E-state index >= 15 is 0 Å². The zero-order valence-corrected chi connectivity index (χ0v) is 17.9. The van der Waals surface area contributed by atoms with E-state index in [0.717, 1.165) is 25.4 Å². The first-order chi connectivity index (χ1) is 14.7. The van der Waals surface area contributed by atoms with Gasteiger partial charge in [-0.15, -0.1) is 0 Å². The molecular weight excluding hydrogens is 380 g/mol. The number of aliphatic hydroxyl groups excluding tert-OH is 1. The third-order valence-electron chi connectivity index (χ3n) is 5.13. The maximum absolute atomic E-state index is 10.5. The Labute approximate surface area is 178 Å². The maximum Gasteiger partial charge on any atom is 0.129 e. The number of benzene rings is 1. The highest BCUT2D eigenvalue weighted by Crippen LogP contribution is 2.14. The van der Waals surface area contributed by atoms with Gasteiger partial charge in [-0.3, -0.25) is 4.90 Å². The quantitative estimate of drug-likeness (QED) is 0.466. The van der Waals surface area contributed by atoms with Crippen LogP contribution in [0.4, 0.5) is 0 Å². The Morgan fingerprint density at radius 3 is 2.77 bits per heavy atom. The number of ether oxygens (including phenoxy) is 2. The van der Waals surface area contributed by atoms with Gasteiger partial charge >= 0.3 is 0 Å². The second-order valence-corrected chi connectivity index (χ2v) is 7.53. The van der Waals surface area contributed by atoms with Crippen molar-refractivity contribution in [2.75, 3.05) is 33.4 Å². The maximum atomic E-state index is 10.5. The molecule has 1 N–H and O–H groups in total. The highest BCUT2D eigenvalue weighted by atomic mass is 16.5. The van der Waals surface area contributed by atoms with Crippen LogP contribution in [0.2, 0.25) is 0 Å². The van der Waals surface area contributed by atoms with Gasteiger partial charge in [0, 0.05) is 45.2 Å². The first-order valence-corrected chi connectivity index (χ1v) is 10.3. The summed E-state index contributed by atoms with van der Waals surface area (Å²) in [5, 5.41) is 10.5. The number of rotatable bonds is 13. The van der Waals surface area contributed by atoms with E-state index in [-0.39, 0.29) is 6.61 Å². The zero-order valence-electron chi connectivity index (χ0n) is 17.9. The smallest absolute Gasteiger partial charge is 0.129 e. The van der Waals surface area contributed by atoms with Crippen LogP contribution in [0.1, 0.15) is 22.6 Å². The van der Waals surface area contributed by atoms with E-state index in [4.69, 9.17) is 13.9 Å². The summed E-state index contributed by atoms with van der Waals surface area (Å²) in [6.45, 7) is 6.19. The van der Waals surface area contributed by atoms with E-state index in [2.05, 4.69) is 59.0 Å². The van der Waals surface area contributed by atoms with Crippen molar-refractivity contribution in [2.45, 2.75) is 32.7 Å². The van der Waals surface area contributed by atoms with E-state index in [1.165, 1.54) is 16.8 Å². The average molecular weight is 413 g/mol. The van der Waals surface area contributed by atoms with Crippen LogP contribution in [0.25, 0.3) is 0 Å². The fourth-order valence-electron chi connectivity index (χ4n) is 3.44. The van der Waals surface area contributed by atoms with E-state index < -0.39 is 6.10 Å². The third-order valence-corrected chi connectivity index (χ3v) is 5.13. The van der Waals surface area contributed by atoms with Gasteiger partial charge in [0.05, 0.1) is 25.6 Å². The number of aliphatic hydroxyl groups is 1. The molecule has 0 aliphatic rings. The summed E-state index contributed by atoms with van der Waals surface area (Å²) in [5.74, 6) is 0.757. The summed E-state index contributed by atoms with van der Waals surface area (Å²) >= 11 is 0. The van der Waals surface area contributed by atoms with Gasteiger partial charge in [-0.25, -0.2) is 0 Å². The predicted octanol–water partition coefficient (Wildman–Crippen LogP) is 3.46. The first-order valence-electron chi connectivity index (χ1n) is 10.3. The van der Waals surface area contributed by atoms with Gasteiger partial charge in [-0.2, -0.15) is 0 Å². The molecule has 162 valence electrons. The number of hydrogen-bond acceptors (Lipinski definition) is 5. The molecule has 6 nitrogen and oxygen atoms in total. The molecule has 0 amide bonds. The van der Waals surface area contributed by atoms with Gasteiger partial charge < -0.3 is 23.6 Å². The van der Waals surface area contributed by atoms with Gasteiger partial charge in [-0.1, -0.05) is 24.3 Å². The van der Waals surface area contributed by atoms with Gasteiger partial charge in [0.25, 0.3) is 0 Å². The van der Waals surface area contributed by atoms with Crippen molar-refractivity contribution in [1.29, 1.82) is 0 Å². The molecule has 0 spiro atoms. The lowest BCUT2D eigenvalue weighted by atomic mass is 10.1. The largest absolute Gasteiger partial charge is 0.467 e. The molecule has 6 heteroatoms. The van der Waals surface area contributed by atoms with Crippen molar-refractivity contribution < 1.29 is 19.0 Å². The molecular formula is C24H32N2O4. The summed E-state index contributed by atoms with van der Waals surface area (Å²) in [6.07, 6.45) is 3.14. The molecule has 1 aromatic carbocycles. The molecule has 2 aromatic heterocycles. The minimum Gasteiger partial charge on any atom is -0.467 e. The van der Waals surface area contributed by atoms with E-state index in [1.54, 1.807) is 13.4 Å². The van der Waals surface area contributed by atoms with Crippen LogP contribution in [0, 0.1) is 6.92 Å². The van der Waals surface area contributed by atoms with Crippen LogP contribution in [0.5, 0.6) is 0 Å². The minimum absolute atomic E-state index is 0.258. The molecule has 0 fully saturated rings. The topological polar surface area (TPSA) is 60.0 Å². The molecule has 0 aliphatic heterocycles. The highest BCUT2D eigenvalue weighted by molar-refractivity contribution is 5.26. The molecule has 0 aliphatic carbocycles. The van der Waals surface area contributed by atoms with Crippen LogP contribution < -0.4 is 0 Å². The number of aromatic nitrogens is 1. The summed E-state index contributed by atoms with van der Waals surface area (Å²) < 4.78 is 18.4. The Kier molecular flexibility index (Phi) is 8.71. The number of methoxy groups -OCH3 is 1. The minimum atomic E-state index is -0.586. The first kappa shape index (κ1) is 22.3. The van der Waals surface area contributed by atoms with Crippen LogP contribution >= 0.6 is 0 Å². The lowest BCUT2D eigenvalue weighted by Crippen LogP contribution is -2.37. The molecule has 30 heavy (non-hydrogen) atoms. The Morgan fingerprint density at radius 2 is 2.00 bits per heavy atom. The SMILES string of the molecule is COCCN(Cc1cccn1Cc1ccccc1C)CC(O)COCc1ccco1. The van der Waals surface area contributed by atoms with E-state index in [9.17, 15) is 5.11 Å². The molecule has 1 atom stereocenters. The molecule has 3 rings (SSSR count). The van der Waals surface area contributed by atoms with Gasteiger partial charge in [-0.05, 0) is 42.3 Å². The van der Waals surface area contributed by atoms with Crippen molar-refractivity contribution >= 4 is 0 Å². The summed E-state index contributed by atoms with van der Waals surface area (Å²) in [5.41, 5.74) is 3.81. The van der Waals surface area contributed by atoms with Gasteiger partial charge in [0.15, 0.2) is 0 Å². The summed E-state index contributed by atoms with van der Waals surface area (Å²) in [4.78, 5) is 2.20. The van der Waals surface area contributed by atoms with Crippen molar-refractivity contribution in [2.24, 2.45) is 0 Å². The number of nitrogens with zero attached hydrogens (tertiary/aromatic N) is 2. The van der Waals surface area contributed by atoms with Crippen molar-refractivity contribution in [1.82, 2.24) is 9.47 Å². The lowest BCUT2D eigenvalue weighted by molar-refractivity contribution is 0.000155. The standard InChI is InChI=1S/C24H32N2O4/c1-20-7-3-4-8-21(20)15-26-11-5-9-22(26)16-25(12-14-28-2)17-23(27)18-29-19-24-10-6-13-30-24/h3-11,13,23,27H,12,14-19H2,1-2H3. The van der Waals surface area contributed by atoms with Gasteiger partial charge in [0.1, 0.15) is 12.4 Å². The van der Waals surface area contributed by atoms with Crippen LogP contribution in [-0.2, 0) is 29.2 Å². The summed E-state index contributed by atoms with van der Waals surface area (Å²) in [7, 11) is 1.70. The Balaban J connectivity index is 1.56. The fourth-order valence-corrected chi connectivity index (χ4v) is 3.44. The van der Waals surface area contributed by atoms with Gasteiger partial charge in [0.2, 0.25) is 0 Å². The number of furan rings is 1. The van der Waals surface area contributed by atoms with Crippen molar-refractivity contribution in [3.8, 4) is 0 Å². The molecule has 1 unspecified atom stereocenters. The molecule has 0 radical (unpaired) electrons. The predicted molar refractivity (Wildman–Crippen MR) is 116 cm³/mol. The molecule has 0 saturated carbocycles. The number of hydrogen-bond donors (Lipinski definition) is 1. The fraction of sp³-hybridized carbons (Fsp3) is 0.417. The summed E-state index contributed by atoms with van der Waals surface area (Å²) in [6, 6.07) is 16.4. The Morgan fingerprint density at radius 1 is 1.13 bits per heavy atom. The van der Waals surface area contributed by atoms with E-state index in [0.29, 0.717) is 19.8 Å². The molecule has 3 aromatic rings. The normalized spacial score (nSPS) is 12.5. The molecule has 2 heterocycles.